The monoisotopic (exact) mass is 192 g/mol. The number of aryl methyl sites for hydroxylation is 1. The second-order valence-electron chi connectivity index (χ2n) is 3.80. The highest BCUT2D eigenvalue weighted by Gasteiger charge is 2.43. The summed E-state index contributed by atoms with van der Waals surface area (Å²) in [6, 6.07) is 8.51. The quantitative estimate of drug-likeness (QED) is 0.763. The Morgan fingerprint density at radius 1 is 1.14 bits per heavy atom. The van der Waals surface area contributed by atoms with Crippen molar-refractivity contribution in [3.8, 4) is 0 Å². The van der Waals surface area contributed by atoms with Crippen LogP contribution in [0.4, 0.5) is 0 Å². The fourth-order valence-electron chi connectivity index (χ4n) is 1.60. The molecule has 0 saturated heterocycles. The molecule has 1 aliphatic carbocycles. The molecule has 2 rings (SSSR count). The van der Waals surface area contributed by atoms with Crippen LogP contribution >= 0.6 is 0 Å². The minimum Gasteiger partial charge on any atom is -0.395 e. The van der Waals surface area contributed by atoms with Gasteiger partial charge in [-0.2, -0.15) is 0 Å². The van der Waals surface area contributed by atoms with E-state index in [2.05, 4.69) is 31.2 Å². The molecule has 1 aromatic carbocycles. The fourth-order valence-corrected chi connectivity index (χ4v) is 1.60. The average Bonchev–Trinajstić information content (AvgIpc) is 3.03. The van der Waals surface area contributed by atoms with Crippen molar-refractivity contribution < 1.29 is 5.11 Å². The lowest BCUT2D eigenvalue weighted by atomic mass is 9.96. The fraction of sp³-hybridized carbons (Fsp3) is 0.538. The van der Waals surface area contributed by atoms with E-state index < -0.39 is 0 Å². The summed E-state index contributed by atoms with van der Waals surface area (Å²) >= 11 is 0. The lowest BCUT2D eigenvalue weighted by Gasteiger charge is -2.11. The van der Waals surface area contributed by atoms with E-state index in [4.69, 9.17) is 0 Å². The minimum absolute atomic E-state index is 0.133. The number of benzene rings is 1. The van der Waals surface area contributed by atoms with Crippen molar-refractivity contribution in [2.45, 2.75) is 39.0 Å². The van der Waals surface area contributed by atoms with Crippen LogP contribution in [0.25, 0.3) is 0 Å². The summed E-state index contributed by atoms with van der Waals surface area (Å²) in [7, 11) is 0. The topological polar surface area (TPSA) is 20.2 Å². The van der Waals surface area contributed by atoms with Crippen molar-refractivity contribution in [3.63, 3.8) is 0 Å². The number of hydrogen-bond donors (Lipinski definition) is 1. The van der Waals surface area contributed by atoms with Crippen LogP contribution in [0.1, 0.15) is 37.8 Å². The maximum atomic E-state index is 9.18. The number of aliphatic hydroxyl groups is 1. The van der Waals surface area contributed by atoms with Gasteiger partial charge in [-0.05, 0) is 25.3 Å². The van der Waals surface area contributed by atoms with Gasteiger partial charge in [0.15, 0.2) is 0 Å². The molecule has 0 bridgehead atoms. The molecule has 0 aromatic heterocycles. The molecule has 1 saturated carbocycles. The van der Waals surface area contributed by atoms with Gasteiger partial charge in [-0.1, -0.05) is 43.7 Å². The van der Waals surface area contributed by atoms with Gasteiger partial charge in [0.1, 0.15) is 0 Å². The van der Waals surface area contributed by atoms with Crippen molar-refractivity contribution in [2.24, 2.45) is 0 Å². The van der Waals surface area contributed by atoms with Gasteiger partial charge in [-0.25, -0.2) is 0 Å². The molecule has 1 N–H and O–H groups in total. The number of rotatable bonds is 2. The van der Waals surface area contributed by atoms with Crippen LogP contribution in [0.5, 0.6) is 0 Å². The zero-order valence-corrected chi connectivity index (χ0v) is 9.38. The predicted octanol–water partition coefficient (Wildman–Crippen LogP) is 3.05. The molecule has 1 nitrogen and oxygen atoms in total. The first-order chi connectivity index (χ1) is 6.77. The molecule has 0 spiro atoms. The van der Waals surface area contributed by atoms with E-state index in [-0.39, 0.29) is 5.41 Å². The Morgan fingerprint density at radius 3 is 2.00 bits per heavy atom. The van der Waals surface area contributed by atoms with Crippen LogP contribution in [0.3, 0.4) is 0 Å². The van der Waals surface area contributed by atoms with Crippen molar-refractivity contribution in [3.05, 3.63) is 35.4 Å². The second-order valence-corrected chi connectivity index (χ2v) is 3.80. The normalized spacial score (nSPS) is 16.9. The number of aliphatic hydroxyl groups excluding tert-OH is 1. The molecule has 1 aliphatic rings. The molecular formula is C13H20O. The van der Waals surface area contributed by atoms with Gasteiger partial charge in [0.05, 0.1) is 6.61 Å². The summed E-state index contributed by atoms with van der Waals surface area (Å²) in [5, 5.41) is 9.18. The molecular weight excluding hydrogens is 172 g/mol. The van der Waals surface area contributed by atoms with E-state index >= 15 is 0 Å². The zero-order valence-electron chi connectivity index (χ0n) is 9.38. The maximum absolute atomic E-state index is 9.18. The van der Waals surface area contributed by atoms with Crippen molar-refractivity contribution in [2.75, 3.05) is 6.61 Å². The Hall–Kier alpha value is -0.820. The Labute approximate surface area is 86.8 Å². The van der Waals surface area contributed by atoms with Gasteiger partial charge >= 0.3 is 0 Å². The number of hydrogen-bond acceptors (Lipinski definition) is 1. The third kappa shape index (κ3) is 2.16. The van der Waals surface area contributed by atoms with Gasteiger partial charge in [0.2, 0.25) is 0 Å². The van der Waals surface area contributed by atoms with Gasteiger partial charge in [0, 0.05) is 5.41 Å². The lowest BCUT2D eigenvalue weighted by molar-refractivity contribution is 0.255. The van der Waals surface area contributed by atoms with Crippen LogP contribution in [-0.2, 0) is 5.41 Å². The zero-order chi connectivity index (χ0) is 10.6. The molecule has 78 valence electrons. The molecule has 1 fully saturated rings. The van der Waals surface area contributed by atoms with E-state index in [9.17, 15) is 5.11 Å². The van der Waals surface area contributed by atoms with Gasteiger partial charge in [-0.3, -0.25) is 0 Å². The van der Waals surface area contributed by atoms with E-state index in [1.807, 2.05) is 13.8 Å². The summed E-state index contributed by atoms with van der Waals surface area (Å²) in [4.78, 5) is 0. The second kappa shape index (κ2) is 4.61. The highest BCUT2D eigenvalue weighted by atomic mass is 16.3. The van der Waals surface area contributed by atoms with E-state index in [0.717, 1.165) is 12.8 Å². The Kier molecular flexibility index (Phi) is 3.70. The maximum Gasteiger partial charge on any atom is 0.0527 e. The highest BCUT2D eigenvalue weighted by Crippen LogP contribution is 2.47. The van der Waals surface area contributed by atoms with Crippen molar-refractivity contribution in [1.82, 2.24) is 0 Å². The summed E-state index contributed by atoms with van der Waals surface area (Å²) in [5.41, 5.74) is 2.72. The first-order valence-electron chi connectivity index (χ1n) is 5.45. The van der Waals surface area contributed by atoms with Crippen molar-refractivity contribution >= 4 is 0 Å². The smallest absolute Gasteiger partial charge is 0.0527 e. The first kappa shape index (κ1) is 11.3. The Bertz CT molecular complexity index is 270. The summed E-state index contributed by atoms with van der Waals surface area (Å²) in [6.07, 6.45) is 2.29. The summed E-state index contributed by atoms with van der Waals surface area (Å²) in [6.45, 7) is 6.39. The van der Waals surface area contributed by atoms with Crippen molar-refractivity contribution in [1.29, 1.82) is 0 Å². The molecule has 0 aliphatic heterocycles. The summed E-state index contributed by atoms with van der Waals surface area (Å²) < 4.78 is 0. The summed E-state index contributed by atoms with van der Waals surface area (Å²) in [5.74, 6) is 0. The molecule has 0 unspecified atom stereocenters. The predicted molar refractivity (Wildman–Crippen MR) is 60.5 cm³/mol. The Morgan fingerprint density at radius 2 is 1.64 bits per heavy atom. The van der Waals surface area contributed by atoms with E-state index in [1.165, 1.54) is 11.1 Å². The van der Waals surface area contributed by atoms with Crippen LogP contribution in [-0.4, -0.2) is 11.7 Å². The lowest BCUT2D eigenvalue weighted by Crippen LogP contribution is -2.11. The van der Waals surface area contributed by atoms with Crippen LogP contribution < -0.4 is 0 Å². The van der Waals surface area contributed by atoms with Gasteiger partial charge in [0.25, 0.3) is 0 Å². The molecule has 0 heterocycles. The van der Waals surface area contributed by atoms with E-state index in [1.54, 1.807) is 0 Å². The third-order valence-electron chi connectivity index (χ3n) is 2.82. The Balaban J connectivity index is 0.000000461. The van der Waals surface area contributed by atoms with E-state index in [0.29, 0.717) is 6.61 Å². The standard InChI is InChI=1S/C11H14O.C2H6/c1-9-2-4-10(5-3-9)11(8-12)6-7-11;1-2/h2-5,12H,6-8H2,1H3;1-2H3. The SMILES string of the molecule is CC.Cc1ccc(C2(CO)CC2)cc1. The molecule has 14 heavy (non-hydrogen) atoms. The molecule has 1 aromatic rings. The highest BCUT2D eigenvalue weighted by molar-refractivity contribution is 5.33. The third-order valence-corrected chi connectivity index (χ3v) is 2.82. The molecule has 0 atom stereocenters. The van der Waals surface area contributed by atoms with Gasteiger partial charge in [-0.15, -0.1) is 0 Å². The van der Waals surface area contributed by atoms with Crippen LogP contribution in [0, 0.1) is 6.92 Å². The molecule has 1 heteroatoms. The average molecular weight is 192 g/mol. The largest absolute Gasteiger partial charge is 0.395 e. The molecule has 0 amide bonds. The minimum atomic E-state index is 0.133. The molecule has 0 radical (unpaired) electrons. The van der Waals surface area contributed by atoms with Crippen LogP contribution in [0.15, 0.2) is 24.3 Å². The first-order valence-corrected chi connectivity index (χ1v) is 5.45. The van der Waals surface area contributed by atoms with Gasteiger partial charge < -0.3 is 5.11 Å². The van der Waals surface area contributed by atoms with Crippen LogP contribution in [0.2, 0.25) is 0 Å².